The summed E-state index contributed by atoms with van der Waals surface area (Å²) < 4.78 is 9.96. The summed E-state index contributed by atoms with van der Waals surface area (Å²) in [6.07, 6.45) is 0. The maximum absolute atomic E-state index is 12.4. The first-order valence-electron chi connectivity index (χ1n) is 7.53. The molecular formula is C17H14N4O5. The molecule has 0 aliphatic carbocycles. The molecule has 0 atom stereocenters. The Kier molecular flexibility index (Phi) is 4.61. The molecule has 0 aliphatic rings. The van der Waals surface area contributed by atoms with Gasteiger partial charge in [-0.3, -0.25) is 14.9 Å². The van der Waals surface area contributed by atoms with Crippen molar-refractivity contribution < 1.29 is 19.1 Å². The molecule has 0 unspecified atom stereocenters. The molecule has 1 N–H and O–H groups in total. The van der Waals surface area contributed by atoms with Crippen LogP contribution in [0.4, 0.5) is 11.5 Å². The first-order chi connectivity index (χ1) is 12.5. The average Bonchev–Trinajstić information content (AvgIpc) is 3.09. The van der Waals surface area contributed by atoms with E-state index in [1.54, 1.807) is 19.2 Å². The monoisotopic (exact) mass is 354 g/mol. The maximum Gasteiger partial charge on any atom is 0.270 e. The van der Waals surface area contributed by atoms with E-state index in [-0.39, 0.29) is 17.1 Å². The fourth-order valence-electron chi connectivity index (χ4n) is 2.43. The fraction of sp³-hybridized carbons (Fsp3) is 0.118. The Morgan fingerprint density at radius 2 is 2.04 bits per heavy atom. The first kappa shape index (κ1) is 17.1. The Hall–Kier alpha value is -3.75. The summed E-state index contributed by atoms with van der Waals surface area (Å²) in [4.78, 5) is 22.6. The van der Waals surface area contributed by atoms with Crippen LogP contribution in [-0.2, 0) is 0 Å². The van der Waals surface area contributed by atoms with Crippen molar-refractivity contribution in [2.24, 2.45) is 0 Å². The number of methoxy groups -OCH3 is 1. The predicted molar refractivity (Wildman–Crippen MR) is 92.1 cm³/mol. The Morgan fingerprint density at radius 3 is 2.73 bits per heavy atom. The van der Waals surface area contributed by atoms with Crippen molar-refractivity contribution in [2.45, 2.75) is 6.92 Å². The number of nitrogens with one attached hydrogen (secondary N) is 1. The molecule has 9 heteroatoms. The lowest BCUT2D eigenvalue weighted by molar-refractivity contribution is -0.384. The molecule has 3 rings (SSSR count). The van der Waals surface area contributed by atoms with Crippen LogP contribution in [-0.4, -0.2) is 28.3 Å². The minimum absolute atomic E-state index is 0.117. The van der Waals surface area contributed by atoms with Crippen LogP contribution < -0.4 is 10.1 Å². The number of hydrogen-bond donors (Lipinski definition) is 1. The minimum Gasteiger partial charge on any atom is -0.496 e. The van der Waals surface area contributed by atoms with Crippen LogP contribution in [0.5, 0.6) is 5.75 Å². The number of benzene rings is 2. The Morgan fingerprint density at radius 1 is 1.23 bits per heavy atom. The standard InChI is InChI=1S/C17H14N4O5/c1-10-8-11(6-7-14(10)25-2)15-16(20-26-19-15)18-17(22)12-4-3-5-13(9-12)21(23)24/h3-9H,1-2H3,(H,18,20,22). The summed E-state index contributed by atoms with van der Waals surface area (Å²) in [5, 5.41) is 20.9. The molecule has 1 heterocycles. The quantitative estimate of drug-likeness (QED) is 0.551. The van der Waals surface area contributed by atoms with E-state index in [4.69, 9.17) is 9.37 Å². The lowest BCUT2D eigenvalue weighted by atomic mass is 10.1. The number of carbonyl (C=O) groups is 1. The van der Waals surface area contributed by atoms with E-state index in [0.717, 1.165) is 5.56 Å². The second-order valence-electron chi connectivity index (χ2n) is 5.41. The highest BCUT2D eigenvalue weighted by Crippen LogP contribution is 2.29. The van der Waals surface area contributed by atoms with Gasteiger partial charge in [0, 0.05) is 23.3 Å². The van der Waals surface area contributed by atoms with Gasteiger partial charge in [0.25, 0.3) is 11.6 Å². The van der Waals surface area contributed by atoms with E-state index in [9.17, 15) is 14.9 Å². The molecule has 1 aromatic heterocycles. The van der Waals surface area contributed by atoms with Gasteiger partial charge in [-0.05, 0) is 47.1 Å². The number of carbonyl (C=O) groups excluding carboxylic acids is 1. The van der Waals surface area contributed by atoms with Crippen molar-refractivity contribution >= 4 is 17.4 Å². The third kappa shape index (κ3) is 3.36. The molecule has 1 amide bonds. The van der Waals surface area contributed by atoms with E-state index < -0.39 is 10.8 Å². The number of aryl methyl sites for hydroxylation is 1. The molecule has 0 radical (unpaired) electrons. The minimum atomic E-state index is -0.569. The van der Waals surface area contributed by atoms with Gasteiger partial charge < -0.3 is 10.1 Å². The van der Waals surface area contributed by atoms with E-state index in [1.165, 1.54) is 24.3 Å². The molecule has 132 valence electrons. The summed E-state index contributed by atoms with van der Waals surface area (Å²) in [7, 11) is 1.57. The average molecular weight is 354 g/mol. The summed E-state index contributed by atoms with van der Waals surface area (Å²) in [6, 6.07) is 10.7. The number of amides is 1. The molecule has 0 bridgehead atoms. The van der Waals surface area contributed by atoms with Crippen molar-refractivity contribution in [3.8, 4) is 17.0 Å². The van der Waals surface area contributed by atoms with Crippen molar-refractivity contribution in [2.75, 3.05) is 12.4 Å². The molecule has 0 spiro atoms. The van der Waals surface area contributed by atoms with Gasteiger partial charge in [-0.25, -0.2) is 4.63 Å². The van der Waals surface area contributed by atoms with Crippen molar-refractivity contribution in [3.63, 3.8) is 0 Å². The van der Waals surface area contributed by atoms with Gasteiger partial charge in [0.05, 0.1) is 12.0 Å². The molecule has 0 saturated carbocycles. The fourth-order valence-corrected chi connectivity index (χ4v) is 2.43. The van der Waals surface area contributed by atoms with Crippen LogP contribution in [0.2, 0.25) is 0 Å². The molecule has 0 fully saturated rings. The van der Waals surface area contributed by atoms with Gasteiger partial charge >= 0.3 is 0 Å². The van der Waals surface area contributed by atoms with Gasteiger partial charge in [0.1, 0.15) is 5.75 Å². The van der Waals surface area contributed by atoms with Crippen LogP contribution in [0.1, 0.15) is 15.9 Å². The highest BCUT2D eigenvalue weighted by atomic mass is 16.6. The van der Waals surface area contributed by atoms with Crippen LogP contribution in [0.3, 0.4) is 0 Å². The lowest BCUT2D eigenvalue weighted by Gasteiger charge is -2.07. The number of anilines is 1. The molecule has 0 aliphatic heterocycles. The Balaban J connectivity index is 1.87. The van der Waals surface area contributed by atoms with E-state index in [2.05, 4.69) is 15.6 Å². The third-order valence-corrected chi connectivity index (χ3v) is 3.71. The Bertz CT molecular complexity index is 983. The topological polar surface area (TPSA) is 120 Å². The second kappa shape index (κ2) is 7.01. The van der Waals surface area contributed by atoms with Gasteiger partial charge in [-0.15, -0.1) is 0 Å². The lowest BCUT2D eigenvalue weighted by Crippen LogP contribution is -2.13. The zero-order valence-electron chi connectivity index (χ0n) is 13.9. The second-order valence-corrected chi connectivity index (χ2v) is 5.41. The van der Waals surface area contributed by atoms with Crippen molar-refractivity contribution in [1.82, 2.24) is 10.3 Å². The number of rotatable bonds is 5. The zero-order chi connectivity index (χ0) is 18.7. The number of aromatic nitrogens is 2. The summed E-state index contributed by atoms with van der Waals surface area (Å²) in [6.45, 7) is 1.87. The summed E-state index contributed by atoms with van der Waals surface area (Å²) in [5.41, 5.74) is 1.85. The first-order valence-corrected chi connectivity index (χ1v) is 7.53. The molecule has 3 aromatic rings. The zero-order valence-corrected chi connectivity index (χ0v) is 13.9. The number of non-ortho nitro benzene ring substituents is 1. The van der Waals surface area contributed by atoms with Crippen molar-refractivity contribution in [3.05, 3.63) is 63.7 Å². The van der Waals surface area contributed by atoms with Crippen LogP contribution >= 0.6 is 0 Å². The molecule has 0 saturated heterocycles. The van der Waals surface area contributed by atoms with Crippen molar-refractivity contribution in [1.29, 1.82) is 0 Å². The number of hydrogen-bond acceptors (Lipinski definition) is 7. The molecular weight excluding hydrogens is 340 g/mol. The normalized spacial score (nSPS) is 10.4. The van der Waals surface area contributed by atoms with E-state index >= 15 is 0 Å². The predicted octanol–water partition coefficient (Wildman–Crippen LogP) is 3.21. The summed E-state index contributed by atoms with van der Waals surface area (Å²) >= 11 is 0. The molecule has 2 aromatic carbocycles. The van der Waals surface area contributed by atoms with Gasteiger partial charge in [-0.2, -0.15) is 0 Å². The highest BCUT2D eigenvalue weighted by Gasteiger charge is 2.18. The van der Waals surface area contributed by atoms with Gasteiger partial charge in [0.2, 0.25) is 5.82 Å². The van der Waals surface area contributed by atoms with Gasteiger partial charge in [-0.1, -0.05) is 6.07 Å². The third-order valence-electron chi connectivity index (χ3n) is 3.71. The maximum atomic E-state index is 12.4. The highest BCUT2D eigenvalue weighted by molar-refractivity contribution is 6.05. The largest absolute Gasteiger partial charge is 0.496 e. The number of ether oxygens (including phenoxy) is 1. The van der Waals surface area contributed by atoms with E-state index in [0.29, 0.717) is 17.0 Å². The van der Waals surface area contributed by atoms with Crippen LogP contribution in [0, 0.1) is 17.0 Å². The molecule has 26 heavy (non-hydrogen) atoms. The number of nitro groups is 1. The van der Waals surface area contributed by atoms with Crippen LogP contribution in [0.15, 0.2) is 47.1 Å². The Labute approximate surface area is 147 Å². The van der Waals surface area contributed by atoms with Crippen LogP contribution in [0.25, 0.3) is 11.3 Å². The smallest absolute Gasteiger partial charge is 0.270 e. The number of nitro benzene ring substituents is 1. The summed E-state index contributed by atoms with van der Waals surface area (Å²) in [5.74, 6) is 0.273. The number of nitrogens with zero attached hydrogens (tertiary/aromatic N) is 3. The van der Waals surface area contributed by atoms with E-state index in [1.807, 2.05) is 13.0 Å². The SMILES string of the molecule is COc1ccc(-c2nonc2NC(=O)c2cccc([N+](=O)[O-])c2)cc1C. The molecule has 9 nitrogen and oxygen atoms in total. The van der Waals surface area contributed by atoms with Gasteiger partial charge in [0.15, 0.2) is 5.69 Å².